The van der Waals surface area contributed by atoms with E-state index in [9.17, 15) is 9.59 Å². The second-order valence-corrected chi connectivity index (χ2v) is 8.21. The molecule has 0 spiro atoms. The van der Waals surface area contributed by atoms with Crippen molar-refractivity contribution < 1.29 is 19.4 Å². The predicted octanol–water partition coefficient (Wildman–Crippen LogP) is 4.14. The number of hydrogen-bond donors (Lipinski definition) is 1. The molecule has 2 fully saturated rings. The molecule has 29 heavy (non-hydrogen) atoms. The van der Waals surface area contributed by atoms with Gasteiger partial charge in [0.1, 0.15) is 0 Å². The lowest BCUT2D eigenvalue weighted by atomic mass is 9.77. The standard InChI is InChI=1S/C23H32N2O4/c1-3-4-5-6-22(26)25(2)24-15-19-18(20-13-14-21(19)29-20)12-9-16-7-10-17(11-8-16)23(27)28/h7-8,10-11,15,18-21H,3-6,9,12-14H2,1-2H3,(H,27,28)/t18-,19+,20-,21+/m1/s1. The van der Waals surface area contributed by atoms with E-state index in [0.29, 0.717) is 17.9 Å². The smallest absolute Gasteiger partial charge is 0.335 e. The molecule has 1 amide bonds. The number of unbranched alkanes of at least 4 members (excludes halogenated alkanes) is 2. The van der Waals surface area contributed by atoms with E-state index in [-0.39, 0.29) is 24.0 Å². The quantitative estimate of drug-likeness (QED) is 0.364. The number of ether oxygens (including phenoxy) is 1. The van der Waals surface area contributed by atoms with Gasteiger partial charge in [-0.25, -0.2) is 9.80 Å². The number of nitrogens with zero attached hydrogens (tertiary/aromatic N) is 2. The lowest BCUT2D eigenvalue weighted by molar-refractivity contribution is -0.130. The summed E-state index contributed by atoms with van der Waals surface area (Å²) in [6.45, 7) is 2.13. The highest BCUT2D eigenvalue weighted by atomic mass is 16.5. The van der Waals surface area contributed by atoms with Crippen LogP contribution < -0.4 is 0 Å². The lowest BCUT2D eigenvalue weighted by Gasteiger charge is -2.25. The minimum atomic E-state index is -0.900. The molecule has 6 heteroatoms. The molecular formula is C23H32N2O4. The number of amides is 1. The van der Waals surface area contributed by atoms with Crippen LogP contribution in [0.1, 0.15) is 67.8 Å². The summed E-state index contributed by atoms with van der Waals surface area (Å²) in [6.07, 6.45) is 10.0. The Morgan fingerprint density at radius 1 is 1.21 bits per heavy atom. The van der Waals surface area contributed by atoms with Crippen LogP contribution in [0.4, 0.5) is 0 Å². The first-order chi connectivity index (χ1) is 14.0. The summed E-state index contributed by atoms with van der Waals surface area (Å²) < 4.78 is 6.14. The van der Waals surface area contributed by atoms with Gasteiger partial charge in [-0.1, -0.05) is 31.9 Å². The molecule has 1 N–H and O–H groups in total. The molecule has 2 saturated heterocycles. The van der Waals surface area contributed by atoms with Crippen LogP contribution in [0.25, 0.3) is 0 Å². The summed E-state index contributed by atoms with van der Waals surface area (Å²) in [5.41, 5.74) is 1.45. The van der Waals surface area contributed by atoms with Gasteiger partial charge in [0.2, 0.25) is 5.91 Å². The summed E-state index contributed by atoms with van der Waals surface area (Å²) in [5.74, 6) is -0.213. The molecule has 158 valence electrons. The van der Waals surface area contributed by atoms with Crippen molar-refractivity contribution in [2.24, 2.45) is 16.9 Å². The Kier molecular flexibility index (Phi) is 7.42. The van der Waals surface area contributed by atoms with E-state index in [1.165, 1.54) is 5.01 Å². The minimum absolute atomic E-state index is 0.0637. The van der Waals surface area contributed by atoms with Gasteiger partial charge in [-0.05, 0) is 55.7 Å². The van der Waals surface area contributed by atoms with Crippen LogP contribution in [0.5, 0.6) is 0 Å². The summed E-state index contributed by atoms with van der Waals surface area (Å²) in [6, 6.07) is 7.10. The fraction of sp³-hybridized carbons (Fsp3) is 0.609. The third-order valence-electron chi connectivity index (χ3n) is 6.22. The van der Waals surface area contributed by atoms with Crippen molar-refractivity contribution in [2.75, 3.05) is 7.05 Å². The molecule has 0 aliphatic carbocycles. The van der Waals surface area contributed by atoms with Gasteiger partial charge in [0.25, 0.3) is 0 Å². The molecule has 0 saturated carbocycles. The summed E-state index contributed by atoms with van der Waals surface area (Å²) in [4.78, 5) is 23.2. The van der Waals surface area contributed by atoms with Crippen LogP contribution in [-0.2, 0) is 16.0 Å². The Morgan fingerprint density at radius 3 is 2.62 bits per heavy atom. The molecule has 4 atom stereocenters. The molecule has 3 rings (SSSR count). The van der Waals surface area contributed by atoms with Crippen molar-refractivity contribution >= 4 is 18.1 Å². The average molecular weight is 401 g/mol. The van der Waals surface area contributed by atoms with E-state index in [1.54, 1.807) is 19.2 Å². The number of carboxylic acids is 1. The molecule has 2 bridgehead atoms. The van der Waals surface area contributed by atoms with Gasteiger partial charge in [0, 0.05) is 25.6 Å². The van der Waals surface area contributed by atoms with Gasteiger partial charge < -0.3 is 9.84 Å². The van der Waals surface area contributed by atoms with Crippen molar-refractivity contribution in [1.29, 1.82) is 0 Å². The second-order valence-electron chi connectivity index (χ2n) is 8.21. The number of hydrogen-bond acceptors (Lipinski definition) is 4. The van der Waals surface area contributed by atoms with Gasteiger partial charge >= 0.3 is 5.97 Å². The molecule has 6 nitrogen and oxygen atoms in total. The van der Waals surface area contributed by atoms with Gasteiger partial charge in [-0.2, -0.15) is 5.10 Å². The van der Waals surface area contributed by atoms with Crippen molar-refractivity contribution in [3.05, 3.63) is 35.4 Å². The Balaban J connectivity index is 1.56. The van der Waals surface area contributed by atoms with Gasteiger partial charge in [0.15, 0.2) is 0 Å². The number of rotatable bonds is 10. The first-order valence-electron chi connectivity index (χ1n) is 10.8. The third-order valence-corrected chi connectivity index (χ3v) is 6.22. The molecule has 1 aromatic carbocycles. The van der Waals surface area contributed by atoms with Crippen molar-refractivity contribution in [2.45, 2.75) is 70.5 Å². The molecule has 2 aliphatic rings. The maximum Gasteiger partial charge on any atom is 0.335 e. The lowest BCUT2D eigenvalue weighted by Crippen LogP contribution is -2.30. The number of aryl methyl sites for hydroxylation is 1. The summed E-state index contributed by atoms with van der Waals surface area (Å²) >= 11 is 0. The van der Waals surface area contributed by atoms with Crippen LogP contribution in [0.3, 0.4) is 0 Å². The molecule has 0 unspecified atom stereocenters. The van der Waals surface area contributed by atoms with Crippen LogP contribution in [0, 0.1) is 11.8 Å². The normalized spacial score (nSPS) is 25.6. The maximum atomic E-state index is 12.2. The topological polar surface area (TPSA) is 79.2 Å². The van der Waals surface area contributed by atoms with E-state index in [4.69, 9.17) is 9.84 Å². The second kappa shape index (κ2) is 10.0. The molecule has 2 aliphatic heterocycles. The molecule has 2 heterocycles. The number of fused-ring (bicyclic) bond motifs is 2. The maximum absolute atomic E-state index is 12.2. The van der Waals surface area contributed by atoms with Crippen molar-refractivity contribution in [3.8, 4) is 0 Å². The van der Waals surface area contributed by atoms with Gasteiger partial charge in [-0.15, -0.1) is 0 Å². The number of hydrazone groups is 1. The fourth-order valence-corrected chi connectivity index (χ4v) is 4.47. The van der Waals surface area contributed by atoms with Crippen LogP contribution in [0.2, 0.25) is 0 Å². The van der Waals surface area contributed by atoms with Gasteiger partial charge in [-0.3, -0.25) is 4.79 Å². The van der Waals surface area contributed by atoms with Crippen molar-refractivity contribution in [3.63, 3.8) is 0 Å². The van der Waals surface area contributed by atoms with E-state index >= 15 is 0 Å². The Labute approximate surface area is 172 Å². The fourth-order valence-electron chi connectivity index (χ4n) is 4.47. The molecule has 0 radical (unpaired) electrons. The van der Waals surface area contributed by atoms with E-state index in [2.05, 4.69) is 12.0 Å². The number of aromatic carboxylic acids is 1. The Hall–Kier alpha value is -2.21. The van der Waals surface area contributed by atoms with Crippen LogP contribution in [-0.4, -0.2) is 47.5 Å². The zero-order valence-corrected chi connectivity index (χ0v) is 17.4. The first-order valence-corrected chi connectivity index (χ1v) is 10.8. The van der Waals surface area contributed by atoms with E-state index in [0.717, 1.165) is 50.5 Å². The highest BCUT2D eigenvalue weighted by Crippen LogP contribution is 2.44. The van der Waals surface area contributed by atoms with Crippen molar-refractivity contribution in [1.82, 2.24) is 5.01 Å². The van der Waals surface area contributed by atoms with E-state index in [1.807, 2.05) is 18.3 Å². The number of carbonyl (C=O) groups is 2. The zero-order valence-electron chi connectivity index (χ0n) is 17.4. The molecular weight excluding hydrogens is 368 g/mol. The monoisotopic (exact) mass is 400 g/mol. The predicted molar refractivity (Wildman–Crippen MR) is 112 cm³/mol. The zero-order chi connectivity index (χ0) is 20.8. The van der Waals surface area contributed by atoms with E-state index < -0.39 is 5.97 Å². The first kappa shape index (κ1) is 21.5. The number of benzene rings is 1. The highest BCUT2D eigenvalue weighted by molar-refractivity contribution is 5.87. The SMILES string of the molecule is CCCCCC(=O)N(C)N=C[C@H]1[C@@H](CCc2ccc(C(=O)O)cc2)[C@H]2CC[C@@H]1O2. The Bertz CT molecular complexity index is 731. The summed E-state index contributed by atoms with van der Waals surface area (Å²) in [7, 11) is 1.73. The van der Waals surface area contributed by atoms with Crippen LogP contribution in [0.15, 0.2) is 29.4 Å². The summed E-state index contributed by atoms with van der Waals surface area (Å²) in [5, 5.41) is 15.0. The minimum Gasteiger partial charge on any atom is -0.478 e. The largest absolute Gasteiger partial charge is 0.478 e. The Morgan fingerprint density at radius 2 is 1.93 bits per heavy atom. The number of carbonyl (C=O) groups excluding carboxylic acids is 1. The average Bonchev–Trinajstić information content (AvgIpc) is 3.32. The third kappa shape index (κ3) is 5.44. The molecule has 0 aromatic heterocycles. The number of carboxylic acid groups (broad SMARTS) is 1. The van der Waals surface area contributed by atoms with Gasteiger partial charge in [0.05, 0.1) is 17.8 Å². The highest BCUT2D eigenvalue weighted by Gasteiger charge is 2.47. The molecule has 1 aromatic rings. The van der Waals surface area contributed by atoms with Crippen LogP contribution >= 0.6 is 0 Å².